The van der Waals surface area contributed by atoms with Crippen LogP contribution in [0.1, 0.15) is 6.42 Å². The second-order valence-corrected chi connectivity index (χ2v) is 5.14. The van der Waals surface area contributed by atoms with Crippen molar-refractivity contribution in [3.8, 4) is 0 Å². The van der Waals surface area contributed by atoms with E-state index in [1.165, 1.54) is 0 Å². The van der Waals surface area contributed by atoms with Crippen molar-refractivity contribution in [2.24, 2.45) is 5.73 Å². The highest BCUT2D eigenvalue weighted by molar-refractivity contribution is 7.98. The second-order valence-electron chi connectivity index (χ2n) is 4.16. The fourth-order valence-corrected chi connectivity index (χ4v) is 2.23. The number of aromatic amines is 1. The lowest BCUT2D eigenvalue weighted by Gasteiger charge is -2.11. The number of anilines is 1. The monoisotopic (exact) mass is 263 g/mol. The molecule has 96 valence electrons. The zero-order valence-electron chi connectivity index (χ0n) is 10.3. The molecule has 0 aliphatic carbocycles. The van der Waals surface area contributed by atoms with Crippen LogP contribution in [0.4, 0.5) is 5.69 Å². The van der Waals surface area contributed by atoms with E-state index in [4.69, 9.17) is 5.73 Å². The van der Waals surface area contributed by atoms with Crippen LogP contribution >= 0.6 is 11.8 Å². The maximum absolute atomic E-state index is 11.8. The predicted octanol–water partition coefficient (Wildman–Crippen LogP) is 2.19. The Morgan fingerprint density at radius 1 is 1.50 bits per heavy atom. The van der Waals surface area contributed by atoms with Gasteiger partial charge in [0.15, 0.2) is 0 Å². The number of nitrogens with two attached hydrogens (primary N) is 1. The summed E-state index contributed by atoms with van der Waals surface area (Å²) in [6.07, 6.45) is 4.57. The molecule has 0 spiro atoms. The van der Waals surface area contributed by atoms with E-state index in [1.807, 2.05) is 36.7 Å². The number of fused-ring (bicyclic) bond motifs is 1. The zero-order chi connectivity index (χ0) is 13.0. The SMILES string of the molecule is CSCC[C@H](N)C(=O)Nc1ccc2[nH]ccc2c1. The van der Waals surface area contributed by atoms with Gasteiger partial charge in [0.2, 0.25) is 5.91 Å². The Morgan fingerprint density at radius 2 is 2.33 bits per heavy atom. The number of H-pyrrole nitrogens is 1. The number of nitrogens with one attached hydrogen (secondary N) is 2. The van der Waals surface area contributed by atoms with Gasteiger partial charge in [0.05, 0.1) is 6.04 Å². The standard InChI is InChI=1S/C13H17N3OS/c1-18-7-5-11(14)13(17)16-10-2-3-12-9(8-10)4-6-15-12/h2-4,6,8,11,15H,5,7,14H2,1H3,(H,16,17)/t11-/m0/s1. The molecule has 18 heavy (non-hydrogen) atoms. The van der Waals surface area contributed by atoms with Gasteiger partial charge in [-0.3, -0.25) is 4.79 Å². The Bertz CT molecular complexity index is 538. The van der Waals surface area contributed by atoms with Crippen molar-refractivity contribution < 1.29 is 4.79 Å². The normalized spacial score (nSPS) is 12.6. The van der Waals surface area contributed by atoms with Gasteiger partial charge in [-0.15, -0.1) is 0 Å². The molecule has 0 saturated carbocycles. The molecule has 1 amide bonds. The lowest BCUT2D eigenvalue weighted by Crippen LogP contribution is -2.36. The van der Waals surface area contributed by atoms with Crippen LogP contribution in [0.3, 0.4) is 0 Å². The first-order valence-electron chi connectivity index (χ1n) is 5.83. The molecule has 0 saturated heterocycles. The Hall–Kier alpha value is -1.46. The largest absolute Gasteiger partial charge is 0.361 e. The van der Waals surface area contributed by atoms with Crippen molar-refractivity contribution in [1.29, 1.82) is 0 Å². The second kappa shape index (κ2) is 5.93. The van der Waals surface area contributed by atoms with Gasteiger partial charge in [-0.05, 0) is 42.7 Å². The van der Waals surface area contributed by atoms with Crippen LogP contribution < -0.4 is 11.1 Å². The number of amides is 1. The number of benzene rings is 1. The van der Waals surface area contributed by atoms with Crippen molar-refractivity contribution in [2.75, 3.05) is 17.3 Å². The molecule has 2 aromatic rings. The molecule has 1 aromatic heterocycles. The molecular formula is C13H17N3OS. The lowest BCUT2D eigenvalue weighted by molar-refractivity contribution is -0.117. The third-order valence-electron chi connectivity index (χ3n) is 2.79. The van der Waals surface area contributed by atoms with E-state index in [-0.39, 0.29) is 5.91 Å². The van der Waals surface area contributed by atoms with Crippen molar-refractivity contribution in [2.45, 2.75) is 12.5 Å². The molecule has 0 bridgehead atoms. The predicted molar refractivity (Wildman–Crippen MR) is 77.9 cm³/mol. The Balaban J connectivity index is 2.01. The van der Waals surface area contributed by atoms with E-state index in [0.717, 1.165) is 22.3 Å². The number of rotatable bonds is 5. The number of hydrogen-bond acceptors (Lipinski definition) is 3. The topological polar surface area (TPSA) is 70.9 Å². The van der Waals surface area contributed by atoms with Gasteiger partial charge in [-0.1, -0.05) is 0 Å². The van der Waals surface area contributed by atoms with Crippen molar-refractivity contribution in [3.63, 3.8) is 0 Å². The van der Waals surface area contributed by atoms with Crippen LogP contribution in [-0.2, 0) is 4.79 Å². The number of aromatic nitrogens is 1. The zero-order valence-corrected chi connectivity index (χ0v) is 11.1. The minimum atomic E-state index is -0.445. The van der Waals surface area contributed by atoms with E-state index in [1.54, 1.807) is 11.8 Å². The van der Waals surface area contributed by atoms with Gasteiger partial charge in [-0.25, -0.2) is 0 Å². The number of thioether (sulfide) groups is 1. The summed E-state index contributed by atoms with van der Waals surface area (Å²) >= 11 is 1.69. The molecule has 0 radical (unpaired) electrons. The number of carbonyl (C=O) groups is 1. The summed E-state index contributed by atoms with van der Waals surface area (Å²) < 4.78 is 0. The maximum atomic E-state index is 11.8. The third kappa shape index (κ3) is 3.05. The van der Waals surface area contributed by atoms with E-state index in [2.05, 4.69) is 10.3 Å². The minimum absolute atomic E-state index is 0.126. The summed E-state index contributed by atoms with van der Waals surface area (Å²) in [7, 11) is 0. The van der Waals surface area contributed by atoms with E-state index in [9.17, 15) is 4.79 Å². The first kappa shape index (κ1) is 13.0. The average Bonchev–Trinajstić information content (AvgIpc) is 2.83. The van der Waals surface area contributed by atoms with Gasteiger partial charge < -0.3 is 16.0 Å². The van der Waals surface area contributed by atoms with Gasteiger partial charge in [0, 0.05) is 22.8 Å². The molecule has 1 aromatic carbocycles. The molecule has 4 N–H and O–H groups in total. The molecule has 1 atom stereocenters. The minimum Gasteiger partial charge on any atom is -0.361 e. The van der Waals surface area contributed by atoms with Crippen LogP contribution in [0.25, 0.3) is 10.9 Å². The van der Waals surface area contributed by atoms with Crippen molar-refractivity contribution in [3.05, 3.63) is 30.5 Å². The first-order chi connectivity index (χ1) is 8.70. The van der Waals surface area contributed by atoms with Crippen LogP contribution in [-0.4, -0.2) is 28.9 Å². The molecule has 2 rings (SSSR count). The van der Waals surface area contributed by atoms with Crippen molar-refractivity contribution >= 4 is 34.3 Å². The fraction of sp³-hybridized carbons (Fsp3) is 0.308. The molecule has 0 unspecified atom stereocenters. The van der Waals surface area contributed by atoms with Crippen LogP contribution in [0.2, 0.25) is 0 Å². The average molecular weight is 263 g/mol. The van der Waals surface area contributed by atoms with Crippen molar-refractivity contribution in [1.82, 2.24) is 4.98 Å². The highest BCUT2D eigenvalue weighted by Gasteiger charge is 2.13. The summed E-state index contributed by atoms with van der Waals surface area (Å²) in [5.74, 6) is 0.768. The lowest BCUT2D eigenvalue weighted by atomic mass is 10.2. The first-order valence-corrected chi connectivity index (χ1v) is 7.22. The van der Waals surface area contributed by atoms with E-state index < -0.39 is 6.04 Å². The summed E-state index contributed by atoms with van der Waals surface area (Å²) in [6.45, 7) is 0. The Labute approximate surface area is 110 Å². The van der Waals surface area contributed by atoms with Crippen LogP contribution in [0.15, 0.2) is 30.5 Å². The van der Waals surface area contributed by atoms with E-state index in [0.29, 0.717) is 6.42 Å². The van der Waals surface area contributed by atoms with Gasteiger partial charge >= 0.3 is 0 Å². The molecule has 5 heteroatoms. The molecule has 0 aliphatic heterocycles. The van der Waals surface area contributed by atoms with Gasteiger partial charge in [0.25, 0.3) is 0 Å². The molecule has 0 aliphatic rings. The third-order valence-corrected chi connectivity index (χ3v) is 3.43. The maximum Gasteiger partial charge on any atom is 0.241 e. The molecule has 0 fully saturated rings. The highest BCUT2D eigenvalue weighted by atomic mass is 32.2. The summed E-state index contributed by atoms with van der Waals surface area (Å²) in [5, 5.41) is 3.92. The quantitative estimate of drug-likeness (QED) is 0.774. The smallest absolute Gasteiger partial charge is 0.241 e. The highest BCUT2D eigenvalue weighted by Crippen LogP contribution is 2.18. The molecular weight excluding hydrogens is 246 g/mol. The number of carbonyl (C=O) groups excluding carboxylic acids is 1. The molecule has 1 heterocycles. The fourth-order valence-electron chi connectivity index (χ4n) is 1.74. The van der Waals surface area contributed by atoms with Gasteiger partial charge in [-0.2, -0.15) is 11.8 Å². The summed E-state index contributed by atoms with van der Waals surface area (Å²) in [5.41, 5.74) is 7.65. The summed E-state index contributed by atoms with van der Waals surface area (Å²) in [6, 6.07) is 7.28. The van der Waals surface area contributed by atoms with E-state index >= 15 is 0 Å². The van der Waals surface area contributed by atoms with Crippen LogP contribution in [0.5, 0.6) is 0 Å². The van der Waals surface area contributed by atoms with Crippen LogP contribution in [0, 0.1) is 0 Å². The number of hydrogen-bond donors (Lipinski definition) is 3. The van der Waals surface area contributed by atoms with Gasteiger partial charge in [0.1, 0.15) is 0 Å². The Morgan fingerprint density at radius 3 is 3.11 bits per heavy atom. The summed E-state index contributed by atoms with van der Waals surface area (Å²) in [4.78, 5) is 15.0. The molecule has 4 nitrogen and oxygen atoms in total. The Kier molecular flexibility index (Phi) is 4.28.